The van der Waals surface area contributed by atoms with Crippen LogP contribution in [0.3, 0.4) is 0 Å². The van der Waals surface area contributed by atoms with Gasteiger partial charge in [0.1, 0.15) is 5.75 Å². The first-order chi connectivity index (χ1) is 9.61. The number of ether oxygens (including phenoxy) is 1. The van der Waals surface area contributed by atoms with E-state index in [9.17, 15) is 4.79 Å². The van der Waals surface area contributed by atoms with Crippen molar-refractivity contribution in [3.05, 3.63) is 28.8 Å². The molecule has 2 rings (SSSR count). The molecule has 1 aliphatic rings. The topological polar surface area (TPSA) is 49.8 Å². The van der Waals surface area contributed by atoms with Crippen molar-refractivity contribution in [3.63, 3.8) is 0 Å². The van der Waals surface area contributed by atoms with Crippen molar-refractivity contribution in [2.75, 3.05) is 19.7 Å². The van der Waals surface area contributed by atoms with E-state index in [-0.39, 0.29) is 19.1 Å². The third-order valence-electron chi connectivity index (χ3n) is 3.75. The first kappa shape index (κ1) is 14.9. The van der Waals surface area contributed by atoms with Crippen molar-refractivity contribution in [1.82, 2.24) is 4.90 Å². The Balaban J connectivity index is 1.98. The number of likely N-dealkylation sites (tertiary alicyclic amines) is 1. The number of nitrogens with zero attached hydrogens (tertiary/aromatic N) is 1. The van der Waals surface area contributed by atoms with Gasteiger partial charge in [-0.1, -0.05) is 12.1 Å². The van der Waals surface area contributed by atoms with Gasteiger partial charge in [-0.05, 0) is 49.8 Å². The summed E-state index contributed by atoms with van der Waals surface area (Å²) < 4.78 is 5.71. The second-order valence-corrected chi connectivity index (χ2v) is 5.45. The summed E-state index contributed by atoms with van der Waals surface area (Å²) in [5.41, 5.74) is 2.79. The Morgan fingerprint density at radius 3 is 2.35 bits per heavy atom. The molecule has 0 saturated carbocycles. The highest BCUT2D eigenvalue weighted by atomic mass is 16.5. The van der Waals surface area contributed by atoms with E-state index in [4.69, 9.17) is 9.84 Å². The summed E-state index contributed by atoms with van der Waals surface area (Å²) in [5, 5.41) is 9.16. The van der Waals surface area contributed by atoms with E-state index in [2.05, 4.69) is 0 Å². The summed E-state index contributed by atoms with van der Waals surface area (Å²) in [7, 11) is 0. The fourth-order valence-corrected chi connectivity index (χ4v) is 2.73. The number of aryl methyl sites for hydroxylation is 2. The van der Waals surface area contributed by atoms with Crippen LogP contribution in [-0.4, -0.2) is 35.6 Å². The number of amides is 1. The summed E-state index contributed by atoms with van der Waals surface area (Å²) >= 11 is 0. The molecule has 1 saturated heterocycles. The maximum atomic E-state index is 12.1. The van der Waals surface area contributed by atoms with Gasteiger partial charge in [-0.25, -0.2) is 0 Å². The normalized spacial score (nSPS) is 15.2. The van der Waals surface area contributed by atoms with Crippen LogP contribution in [0.1, 0.15) is 36.0 Å². The second-order valence-electron chi connectivity index (χ2n) is 5.45. The molecule has 1 heterocycles. The van der Waals surface area contributed by atoms with E-state index in [1.54, 1.807) is 0 Å². The fourth-order valence-electron chi connectivity index (χ4n) is 2.73. The minimum atomic E-state index is 0.0225. The van der Waals surface area contributed by atoms with Crippen molar-refractivity contribution < 1.29 is 14.6 Å². The number of aliphatic hydroxyl groups is 1. The van der Waals surface area contributed by atoms with Gasteiger partial charge in [0, 0.05) is 13.1 Å². The highest BCUT2D eigenvalue weighted by molar-refractivity contribution is 5.78. The number of rotatable bonds is 4. The van der Waals surface area contributed by atoms with Gasteiger partial charge in [0.2, 0.25) is 0 Å². The Hall–Kier alpha value is -1.55. The molecule has 4 nitrogen and oxygen atoms in total. The molecule has 20 heavy (non-hydrogen) atoms. The molecule has 0 spiro atoms. The van der Waals surface area contributed by atoms with E-state index in [1.165, 1.54) is 6.42 Å². The average molecular weight is 277 g/mol. The van der Waals surface area contributed by atoms with E-state index in [0.29, 0.717) is 0 Å². The van der Waals surface area contributed by atoms with Gasteiger partial charge in [0.15, 0.2) is 6.61 Å². The van der Waals surface area contributed by atoms with Gasteiger partial charge in [-0.3, -0.25) is 4.79 Å². The summed E-state index contributed by atoms with van der Waals surface area (Å²) in [4.78, 5) is 14.0. The SMILES string of the molecule is Cc1cc(CO)cc(C)c1OCC(=O)N1CCCCC1. The van der Waals surface area contributed by atoms with Crippen LogP contribution < -0.4 is 4.74 Å². The Kier molecular flexibility index (Phi) is 5.01. The number of carbonyl (C=O) groups is 1. The molecule has 110 valence electrons. The Morgan fingerprint density at radius 2 is 1.80 bits per heavy atom. The Labute approximate surface area is 120 Å². The molecule has 1 amide bonds. The van der Waals surface area contributed by atoms with Gasteiger partial charge in [0.25, 0.3) is 5.91 Å². The van der Waals surface area contributed by atoms with Crippen LogP contribution >= 0.6 is 0 Å². The molecule has 0 aromatic heterocycles. The average Bonchev–Trinajstić information content (AvgIpc) is 2.46. The largest absolute Gasteiger partial charge is 0.483 e. The lowest BCUT2D eigenvalue weighted by Crippen LogP contribution is -2.38. The van der Waals surface area contributed by atoms with Gasteiger partial charge in [0.05, 0.1) is 6.61 Å². The van der Waals surface area contributed by atoms with Crippen molar-refractivity contribution in [2.24, 2.45) is 0 Å². The molecule has 1 aromatic carbocycles. The molecule has 0 atom stereocenters. The molecule has 1 aromatic rings. The standard InChI is InChI=1S/C16H23NO3/c1-12-8-14(10-18)9-13(2)16(12)20-11-15(19)17-6-4-3-5-7-17/h8-9,18H,3-7,10-11H2,1-2H3. The van der Waals surface area contributed by atoms with Crippen molar-refractivity contribution in [3.8, 4) is 5.75 Å². The predicted molar refractivity (Wildman–Crippen MR) is 77.8 cm³/mol. The zero-order chi connectivity index (χ0) is 14.5. The molecule has 1 aliphatic heterocycles. The monoisotopic (exact) mass is 277 g/mol. The molecule has 0 unspecified atom stereocenters. The number of aliphatic hydroxyl groups excluding tert-OH is 1. The number of hydrogen-bond acceptors (Lipinski definition) is 3. The minimum Gasteiger partial charge on any atom is -0.483 e. The second kappa shape index (κ2) is 6.75. The van der Waals surface area contributed by atoms with Gasteiger partial charge < -0.3 is 14.7 Å². The highest BCUT2D eigenvalue weighted by Gasteiger charge is 2.17. The maximum Gasteiger partial charge on any atom is 0.260 e. The zero-order valence-corrected chi connectivity index (χ0v) is 12.3. The Morgan fingerprint density at radius 1 is 1.20 bits per heavy atom. The number of carbonyl (C=O) groups excluding carboxylic acids is 1. The number of hydrogen-bond donors (Lipinski definition) is 1. The van der Waals surface area contributed by atoms with Crippen molar-refractivity contribution >= 4 is 5.91 Å². The van der Waals surface area contributed by atoms with Crippen LogP contribution in [0.25, 0.3) is 0 Å². The highest BCUT2D eigenvalue weighted by Crippen LogP contribution is 2.25. The minimum absolute atomic E-state index is 0.0225. The first-order valence-electron chi connectivity index (χ1n) is 7.23. The van der Waals surface area contributed by atoms with E-state index in [0.717, 1.165) is 48.4 Å². The van der Waals surface area contributed by atoms with Crippen LogP contribution in [0.5, 0.6) is 5.75 Å². The summed E-state index contributed by atoms with van der Waals surface area (Å²) in [6, 6.07) is 3.79. The van der Waals surface area contributed by atoms with Crippen molar-refractivity contribution in [1.29, 1.82) is 0 Å². The fraction of sp³-hybridized carbons (Fsp3) is 0.562. The molecule has 0 radical (unpaired) electrons. The maximum absolute atomic E-state index is 12.1. The van der Waals surface area contributed by atoms with Crippen LogP contribution in [-0.2, 0) is 11.4 Å². The summed E-state index contributed by atoms with van der Waals surface area (Å²) in [6.07, 6.45) is 3.40. The summed E-state index contributed by atoms with van der Waals surface area (Å²) in [5.74, 6) is 0.822. The molecule has 1 N–H and O–H groups in total. The molecular weight excluding hydrogens is 254 g/mol. The quantitative estimate of drug-likeness (QED) is 0.917. The zero-order valence-electron chi connectivity index (χ0n) is 12.3. The Bertz CT molecular complexity index is 456. The van der Waals surface area contributed by atoms with Crippen LogP contribution in [0.4, 0.5) is 0 Å². The lowest BCUT2D eigenvalue weighted by molar-refractivity contribution is -0.134. The summed E-state index contributed by atoms with van der Waals surface area (Å²) in [6.45, 7) is 5.70. The third-order valence-corrected chi connectivity index (χ3v) is 3.75. The van der Waals surface area contributed by atoms with Crippen LogP contribution in [0.2, 0.25) is 0 Å². The number of piperidine rings is 1. The van der Waals surface area contributed by atoms with E-state index >= 15 is 0 Å². The van der Waals surface area contributed by atoms with E-state index < -0.39 is 0 Å². The molecule has 4 heteroatoms. The molecule has 0 bridgehead atoms. The lowest BCUT2D eigenvalue weighted by atomic mass is 10.1. The lowest BCUT2D eigenvalue weighted by Gasteiger charge is -2.26. The third kappa shape index (κ3) is 3.51. The molecule has 0 aliphatic carbocycles. The van der Waals surface area contributed by atoms with Gasteiger partial charge in [-0.2, -0.15) is 0 Å². The smallest absolute Gasteiger partial charge is 0.260 e. The molecular formula is C16H23NO3. The van der Waals surface area contributed by atoms with E-state index in [1.807, 2.05) is 30.9 Å². The first-order valence-corrected chi connectivity index (χ1v) is 7.23. The number of benzene rings is 1. The predicted octanol–water partition coefficient (Wildman–Crippen LogP) is 2.19. The van der Waals surface area contributed by atoms with Crippen LogP contribution in [0.15, 0.2) is 12.1 Å². The molecule has 1 fully saturated rings. The van der Waals surface area contributed by atoms with Gasteiger partial charge in [-0.15, -0.1) is 0 Å². The van der Waals surface area contributed by atoms with Gasteiger partial charge >= 0.3 is 0 Å². The van der Waals surface area contributed by atoms with Crippen molar-refractivity contribution in [2.45, 2.75) is 39.7 Å². The van der Waals surface area contributed by atoms with Crippen LogP contribution in [0, 0.1) is 13.8 Å².